The van der Waals surface area contributed by atoms with Gasteiger partial charge >= 0.3 is 6.03 Å². The van der Waals surface area contributed by atoms with Crippen LogP contribution in [0.25, 0.3) is 0 Å². The molecule has 2 rings (SSSR count). The summed E-state index contributed by atoms with van der Waals surface area (Å²) in [5, 5.41) is 19.5. The van der Waals surface area contributed by atoms with Crippen molar-refractivity contribution < 1.29 is 9.90 Å². The minimum atomic E-state index is -0.715. The molecule has 0 spiro atoms. The Hall–Kier alpha value is -1.59. The monoisotopic (exact) mass is 333 g/mol. The number of rotatable bonds is 7. The molecule has 0 aliphatic heterocycles. The van der Waals surface area contributed by atoms with Gasteiger partial charge in [-0.25, -0.2) is 4.79 Å². The average molecular weight is 333 g/mol. The van der Waals surface area contributed by atoms with Crippen molar-refractivity contribution in [3.8, 4) is 0 Å². The van der Waals surface area contributed by atoms with Gasteiger partial charge in [0.15, 0.2) is 0 Å². The fourth-order valence-corrected chi connectivity index (χ4v) is 3.28. The lowest BCUT2D eigenvalue weighted by molar-refractivity contribution is 0.0501. The number of amides is 2. The van der Waals surface area contributed by atoms with E-state index in [2.05, 4.69) is 48.9 Å². The van der Waals surface area contributed by atoms with Gasteiger partial charge in [0, 0.05) is 24.7 Å². The lowest BCUT2D eigenvalue weighted by atomic mass is 10.0. The highest BCUT2D eigenvalue weighted by atomic mass is 16.3. The second-order valence-corrected chi connectivity index (χ2v) is 7.63. The molecule has 0 saturated heterocycles. The number of hydrogen-bond donors (Lipinski definition) is 4. The van der Waals surface area contributed by atoms with Crippen molar-refractivity contribution in [3.05, 3.63) is 35.9 Å². The van der Waals surface area contributed by atoms with Gasteiger partial charge in [0.2, 0.25) is 0 Å². The summed E-state index contributed by atoms with van der Waals surface area (Å²) in [6.45, 7) is 7.09. The maximum Gasteiger partial charge on any atom is 0.314 e. The van der Waals surface area contributed by atoms with E-state index in [4.69, 9.17) is 0 Å². The molecule has 1 aromatic carbocycles. The molecule has 1 aliphatic carbocycles. The Kier molecular flexibility index (Phi) is 6.24. The molecule has 1 aromatic rings. The standard InChI is InChI=1S/C19H31N3O2/c1-15(16-9-5-4-6-10-16)22-18(2,3)13-20-17(23)21-14-19(24)11-7-8-12-19/h4-6,9-10,15,22,24H,7-8,11-14H2,1-3H3,(H2,20,21,23). The van der Waals surface area contributed by atoms with E-state index in [-0.39, 0.29) is 17.6 Å². The van der Waals surface area contributed by atoms with Crippen molar-refractivity contribution >= 4 is 6.03 Å². The van der Waals surface area contributed by atoms with Gasteiger partial charge in [0.1, 0.15) is 0 Å². The van der Waals surface area contributed by atoms with Crippen LogP contribution in [0.4, 0.5) is 4.79 Å². The van der Waals surface area contributed by atoms with E-state index >= 15 is 0 Å². The summed E-state index contributed by atoms with van der Waals surface area (Å²) in [6.07, 6.45) is 3.62. The quantitative estimate of drug-likeness (QED) is 0.620. The Morgan fingerprint density at radius 3 is 2.46 bits per heavy atom. The minimum Gasteiger partial charge on any atom is -0.388 e. The van der Waals surface area contributed by atoms with Crippen LogP contribution in [-0.4, -0.2) is 35.4 Å². The van der Waals surface area contributed by atoms with E-state index in [1.807, 2.05) is 18.2 Å². The predicted molar refractivity (Wildman–Crippen MR) is 96.9 cm³/mol. The Balaban J connectivity index is 1.74. The smallest absolute Gasteiger partial charge is 0.314 e. The van der Waals surface area contributed by atoms with E-state index in [1.165, 1.54) is 5.56 Å². The van der Waals surface area contributed by atoms with Crippen LogP contribution in [0.2, 0.25) is 0 Å². The Bertz CT molecular complexity index is 525. The third-order valence-electron chi connectivity index (χ3n) is 4.71. The van der Waals surface area contributed by atoms with Gasteiger partial charge < -0.3 is 21.1 Å². The van der Waals surface area contributed by atoms with Gasteiger partial charge in [-0.1, -0.05) is 43.2 Å². The zero-order valence-electron chi connectivity index (χ0n) is 15.1. The molecule has 1 fully saturated rings. The first-order valence-electron chi connectivity index (χ1n) is 8.86. The molecule has 0 radical (unpaired) electrons. The maximum absolute atomic E-state index is 12.0. The fraction of sp³-hybridized carbons (Fsp3) is 0.632. The number of carbonyl (C=O) groups excluding carboxylic acids is 1. The van der Waals surface area contributed by atoms with Gasteiger partial charge in [-0.05, 0) is 39.2 Å². The molecule has 1 unspecified atom stereocenters. The summed E-state index contributed by atoms with van der Waals surface area (Å²) in [6, 6.07) is 10.2. The Morgan fingerprint density at radius 2 is 1.83 bits per heavy atom. The molecular formula is C19H31N3O2. The number of aliphatic hydroxyl groups is 1. The van der Waals surface area contributed by atoms with E-state index < -0.39 is 5.60 Å². The van der Waals surface area contributed by atoms with Crippen LogP contribution in [0.1, 0.15) is 58.1 Å². The van der Waals surface area contributed by atoms with Gasteiger partial charge in [-0.3, -0.25) is 0 Å². The summed E-state index contributed by atoms with van der Waals surface area (Å²) in [4.78, 5) is 12.0. The number of carbonyl (C=O) groups is 1. The fourth-order valence-electron chi connectivity index (χ4n) is 3.28. The first-order valence-corrected chi connectivity index (χ1v) is 8.86. The average Bonchev–Trinajstić information content (AvgIpc) is 2.99. The third kappa shape index (κ3) is 5.80. The summed E-state index contributed by atoms with van der Waals surface area (Å²) in [5.74, 6) is 0. The van der Waals surface area contributed by atoms with E-state index in [9.17, 15) is 9.90 Å². The van der Waals surface area contributed by atoms with Crippen molar-refractivity contribution in [3.63, 3.8) is 0 Å². The first-order chi connectivity index (χ1) is 11.3. The van der Waals surface area contributed by atoms with Crippen molar-refractivity contribution in [1.82, 2.24) is 16.0 Å². The minimum absolute atomic E-state index is 0.199. The highest BCUT2D eigenvalue weighted by Crippen LogP contribution is 2.28. The molecule has 0 aromatic heterocycles. The summed E-state index contributed by atoms with van der Waals surface area (Å²) in [7, 11) is 0. The van der Waals surface area contributed by atoms with Crippen LogP contribution in [-0.2, 0) is 0 Å². The van der Waals surface area contributed by atoms with Gasteiger partial charge in [-0.2, -0.15) is 0 Å². The molecule has 1 aliphatic rings. The number of nitrogens with one attached hydrogen (secondary N) is 3. The normalized spacial score (nSPS) is 18.2. The van der Waals surface area contributed by atoms with E-state index in [1.54, 1.807) is 0 Å². The predicted octanol–water partition coefficient (Wildman–Crippen LogP) is 2.72. The summed E-state index contributed by atoms with van der Waals surface area (Å²) < 4.78 is 0. The molecular weight excluding hydrogens is 302 g/mol. The van der Waals surface area contributed by atoms with Crippen molar-refractivity contribution in [2.75, 3.05) is 13.1 Å². The zero-order valence-corrected chi connectivity index (χ0v) is 15.1. The van der Waals surface area contributed by atoms with Gasteiger partial charge in [-0.15, -0.1) is 0 Å². The molecule has 1 atom stereocenters. The van der Waals surface area contributed by atoms with Gasteiger partial charge in [0.25, 0.3) is 0 Å². The topological polar surface area (TPSA) is 73.4 Å². The summed E-state index contributed by atoms with van der Waals surface area (Å²) >= 11 is 0. The molecule has 0 heterocycles. The number of hydrogen-bond acceptors (Lipinski definition) is 3. The zero-order chi connectivity index (χ0) is 17.6. The van der Waals surface area contributed by atoms with Crippen LogP contribution in [0.5, 0.6) is 0 Å². The SMILES string of the molecule is CC(NC(C)(C)CNC(=O)NCC1(O)CCCC1)c1ccccc1. The lowest BCUT2D eigenvalue weighted by Gasteiger charge is -2.31. The Morgan fingerprint density at radius 1 is 1.21 bits per heavy atom. The number of benzene rings is 1. The number of urea groups is 1. The summed E-state index contributed by atoms with van der Waals surface area (Å²) in [5.41, 5.74) is 0.266. The van der Waals surface area contributed by atoms with Crippen LogP contribution < -0.4 is 16.0 Å². The van der Waals surface area contributed by atoms with E-state index in [0.717, 1.165) is 25.7 Å². The molecule has 5 nitrogen and oxygen atoms in total. The van der Waals surface area contributed by atoms with Crippen molar-refractivity contribution in [1.29, 1.82) is 0 Å². The lowest BCUT2D eigenvalue weighted by Crippen LogP contribution is -2.53. The van der Waals surface area contributed by atoms with Crippen LogP contribution >= 0.6 is 0 Å². The van der Waals surface area contributed by atoms with Crippen molar-refractivity contribution in [2.45, 2.75) is 63.6 Å². The molecule has 2 amide bonds. The third-order valence-corrected chi connectivity index (χ3v) is 4.71. The second-order valence-electron chi connectivity index (χ2n) is 7.63. The molecule has 24 heavy (non-hydrogen) atoms. The van der Waals surface area contributed by atoms with Crippen molar-refractivity contribution in [2.24, 2.45) is 0 Å². The molecule has 134 valence electrons. The van der Waals surface area contributed by atoms with Crippen LogP contribution in [0.15, 0.2) is 30.3 Å². The highest BCUT2D eigenvalue weighted by Gasteiger charge is 2.31. The van der Waals surface area contributed by atoms with Crippen LogP contribution in [0.3, 0.4) is 0 Å². The molecule has 5 heteroatoms. The second kappa shape index (κ2) is 7.99. The molecule has 4 N–H and O–H groups in total. The first kappa shape index (κ1) is 18.7. The molecule has 0 bridgehead atoms. The Labute approximate surface area is 145 Å². The van der Waals surface area contributed by atoms with E-state index in [0.29, 0.717) is 13.1 Å². The van der Waals surface area contributed by atoms with Gasteiger partial charge in [0.05, 0.1) is 5.60 Å². The maximum atomic E-state index is 12.0. The van der Waals surface area contributed by atoms with Crippen LogP contribution in [0, 0.1) is 0 Å². The largest absolute Gasteiger partial charge is 0.388 e. The molecule has 1 saturated carbocycles. The highest BCUT2D eigenvalue weighted by molar-refractivity contribution is 5.74.